The number of hydrogen-bond donors (Lipinski definition) is 2. The number of nitrogens with one attached hydrogen (secondary N) is 1. The highest BCUT2D eigenvalue weighted by molar-refractivity contribution is 6.34. The zero-order valence-electron chi connectivity index (χ0n) is 11.5. The van der Waals surface area contributed by atoms with Gasteiger partial charge in [-0.05, 0) is 31.5 Å². The molecule has 1 aromatic rings. The Balaban J connectivity index is 0.00000220. The molecule has 0 spiro atoms. The Morgan fingerprint density at radius 1 is 1.43 bits per heavy atom. The van der Waals surface area contributed by atoms with Crippen LogP contribution in [0.4, 0.5) is 5.69 Å². The molecule has 0 aliphatic carbocycles. The molecule has 1 saturated heterocycles. The molecule has 1 unspecified atom stereocenters. The summed E-state index contributed by atoms with van der Waals surface area (Å²) in [6.45, 7) is 1.03. The van der Waals surface area contributed by atoms with Crippen LogP contribution in [0.15, 0.2) is 24.3 Å². The van der Waals surface area contributed by atoms with Crippen molar-refractivity contribution in [1.82, 2.24) is 5.32 Å². The summed E-state index contributed by atoms with van der Waals surface area (Å²) in [4.78, 5) is 25.6. The predicted molar refractivity (Wildman–Crippen MR) is 85.9 cm³/mol. The highest BCUT2D eigenvalue weighted by Crippen LogP contribution is 2.28. The summed E-state index contributed by atoms with van der Waals surface area (Å²) in [5.41, 5.74) is 6.05. The number of rotatable bonds is 5. The third-order valence-corrected chi connectivity index (χ3v) is 3.61. The van der Waals surface area contributed by atoms with Gasteiger partial charge in [-0.15, -0.1) is 12.4 Å². The minimum Gasteiger partial charge on any atom is -0.344 e. The van der Waals surface area contributed by atoms with E-state index in [2.05, 4.69) is 5.32 Å². The first-order valence-electron chi connectivity index (χ1n) is 6.69. The van der Waals surface area contributed by atoms with E-state index in [0.29, 0.717) is 43.1 Å². The fourth-order valence-corrected chi connectivity index (χ4v) is 2.49. The second-order valence-electron chi connectivity index (χ2n) is 4.74. The first-order chi connectivity index (χ1) is 9.63. The predicted octanol–water partition coefficient (Wildman–Crippen LogP) is 1.72. The Hall–Kier alpha value is -1.30. The number of amides is 2. The van der Waals surface area contributed by atoms with Crippen LogP contribution in [0.2, 0.25) is 5.02 Å². The number of carbonyl (C=O) groups is 2. The minimum atomic E-state index is -0.462. The quantitative estimate of drug-likeness (QED) is 0.862. The summed E-state index contributed by atoms with van der Waals surface area (Å²) in [6, 6.07) is 6.74. The van der Waals surface area contributed by atoms with Gasteiger partial charge in [0.2, 0.25) is 11.8 Å². The lowest BCUT2D eigenvalue weighted by Gasteiger charge is -2.18. The highest BCUT2D eigenvalue weighted by Gasteiger charge is 2.34. The monoisotopic (exact) mass is 331 g/mol. The molecule has 116 valence electrons. The molecule has 1 aliphatic heterocycles. The van der Waals surface area contributed by atoms with Crippen molar-refractivity contribution in [3.8, 4) is 0 Å². The standard InChI is InChI=1S/C14H18ClN3O2.ClH/c15-10-4-1-2-5-12(10)18-9-7-11(14(18)20)17-13(19)6-3-8-16;/h1-2,4-5,11H,3,6-9,16H2,(H,17,19);1H. The van der Waals surface area contributed by atoms with Crippen LogP contribution in [-0.4, -0.2) is 30.9 Å². The topological polar surface area (TPSA) is 75.4 Å². The van der Waals surface area contributed by atoms with E-state index in [-0.39, 0.29) is 24.2 Å². The second-order valence-corrected chi connectivity index (χ2v) is 5.15. The van der Waals surface area contributed by atoms with Crippen molar-refractivity contribution >= 4 is 41.5 Å². The average Bonchev–Trinajstić information content (AvgIpc) is 2.79. The summed E-state index contributed by atoms with van der Waals surface area (Å²) in [7, 11) is 0. The van der Waals surface area contributed by atoms with Crippen molar-refractivity contribution in [2.45, 2.75) is 25.3 Å². The van der Waals surface area contributed by atoms with E-state index >= 15 is 0 Å². The Morgan fingerprint density at radius 2 is 2.14 bits per heavy atom. The van der Waals surface area contributed by atoms with Crippen molar-refractivity contribution in [2.24, 2.45) is 5.73 Å². The number of nitrogens with two attached hydrogens (primary N) is 1. The van der Waals surface area contributed by atoms with E-state index in [0.717, 1.165) is 0 Å². The first kappa shape index (κ1) is 17.8. The van der Waals surface area contributed by atoms with Gasteiger partial charge in [-0.2, -0.15) is 0 Å². The smallest absolute Gasteiger partial charge is 0.249 e. The molecule has 1 heterocycles. The number of anilines is 1. The van der Waals surface area contributed by atoms with E-state index < -0.39 is 6.04 Å². The lowest BCUT2D eigenvalue weighted by atomic mass is 10.2. The lowest BCUT2D eigenvalue weighted by Crippen LogP contribution is -2.41. The molecular weight excluding hydrogens is 313 g/mol. The average molecular weight is 332 g/mol. The van der Waals surface area contributed by atoms with Crippen LogP contribution in [0.1, 0.15) is 19.3 Å². The third kappa shape index (κ3) is 4.33. The molecule has 3 N–H and O–H groups in total. The van der Waals surface area contributed by atoms with Gasteiger partial charge >= 0.3 is 0 Å². The van der Waals surface area contributed by atoms with Crippen LogP contribution in [0, 0.1) is 0 Å². The van der Waals surface area contributed by atoms with Gasteiger partial charge in [-0.1, -0.05) is 23.7 Å². The van der Waals surface area contributed by atoms with Gasteiger partial charge in [-0.25, -0.2) is 0 Å². The summed E-state index contributed by atoms with van der Waals surface area (Å²) in [5.74, 6) is -0.242. The Morgan fingerprint density at radius 3 is 2.81 bits per heavy atom. The van der Waals surface area contributed by atoms with E-state index in [9.17, 15) is 9.59 Å². The van der Waals surface area contributed by atoms with Crippen LogP contribution < -0.4 is 16.0 Å². The second kappa shape index (κ2) is 8.22. The van der Waals surface area contributed by atoms with Gasteiger partial charge < -0.3 is 16.0 Å². The largest absolute Gasteiger partial charge is 0.344 e. The van der Waals surface area contributed by atoms with Gasteiger partial charge in [0.05, 0.1) is 10.7 Å². The third-order valence-electron chi connectivity index (χ3n) is 3.29. The molecule has 0 bridgehead atoms. The molecule has 1 fully saturated rings. The van der Waals surface area contributed by atoms with Crippen LogP contribution in [0.5, 0.6) is 0 Å². The molecule has 21 heavy (non-hydrogen) atoms. The Bertz CT molecular complexity index is 511. The van der Waals surface area contributed by atoms with Crippen LogP contribution >= 0.6 is 24.0 Å². The molecule has 1 aromatic carbocycles. The molecular formula is C14H19Cl2N3O2. The maximum Gasteiger partial charge on any atom is 0.249 e. The van der Waals surface area contributed by atoms with Crippen molar-refractivity contribution < 1.29 is 9.59 Å². The van der Waals surface area contributed by atoms with E-state index in [1.54, 1.807) is 17.0 Å². The molecule has 0 aromatic heterocycles. The highest BCUT2D eigenvalue weighted by atomic mass is 35.5. The lowest BCUT2D eigenvalue weighted by molar-refractivity contribution is -0.126. The summed E-state index contributed by atoms with van der Waals surface area (Å²) >= 11 is 6.10. The maximum atomic E-state index is 12.3. The molecule has 5 nitrogen and oxygen atoms in total. The van der Waals surface area contributed by atoms with Crippen LogP contribution in [0.3, 0.4) is 0 Å². The zero-order chi connectivity index (χ0) is 14.5. The van der Waals surface area contributed by atoms with Gasteiger partial charge in [0, 0.05) is 13.0 Å². The Kier molecular flexibility index (Phi) is 6.95. The van der Waals surface area contributed by atoms with E-state index in [1.807, 2.05) is 12.1 Å². The summed E-state index contributed by atoms with van der Waals surface area (Å²) in [6.07, 6.45) is 1.58. The number of benzene rings is 1. The summed E-state index contributed by atoms with van der Waals surface area (Å²) < 4.78 is 0. The molecule has 0 radical (unpaired) electrons. The number of para-hydroxylation sites is 1. The molecule has 1 aliphatic rings. The Labute approximate surface area is 135 Å². The molecule has 2 rings (SSSR count). The molecule has 7 heteroatoms. The molecule has 0 saturated carbocycles. The first-order valence-corrected chi connectivity index (χ1v) is 7.06. The van der Waals surface area contributed by atoms with Gasteiger partial charge in [0.1, 0.15) is 6.04 Å². The number of nitrogens with zero attached hydrogens (tertiary/aromatic N) is 1. The fourth-order valence-electron chi connectivity index (χ4n) is 2.25. The van der Waals surface area contributed by atoms with Crippen molar-refractivity contribution in [1.29, 1.82) is 0 Å². The van der Waals surface area contributed by atoms with E-state index in [4.69, 9.17) is 17.3 Å². The zero-order valence-corrected chi connectivity index (χ0v) is 13.1. The van der Waals surface area contributed by atoms with Crippen molar-refractivity contribution in [2.75, 3.05) is 18.0 Å². The van der Waals surface area contributed by atoms with Gasteiger partial charge in [0.15, 0.2) is 0 Å². The number of carbonyl (C=O) groups excluding carboxylic acids is 2. The molecule has 1 atom stereocenters. The molecule has 2 amide bonds. The maximum absolute atomic E-state index is 12.3. The van der Waals surface area contributed by atoms with Crippen molar-refractivity contribution in [3.05, 3.63) is 29.3 Å². The minimum absolute atomic E-state index is 0. The van der Waals surface area contributed by atoms with E-state index in [1.165, 1.54) is 0 Å². The number of halogens is 2. The fraction of sp³-hybridized carbons (Fsp3) is 0.429. The van der Waals surface area contributed by atoms with Crippen LogP contribution in [-0.2, 0) is 9.59 Å². The van der Waals surface area contributed by atoms with Crippen LogP contribution in [0.25, 0.3) is 0 Å². The van der Waals surface area contributed by atoms with Gasteiger partial charge in [-0.3, -0.25) is 9.59 Å². The van der Waals surface area contributed by atoms with Crippen molar-refractivity contribution in [3.63, 3.8) is 0 Å². The van der Waals surface area contributed by atoms with Gasteiger partial charge in [0.25, 0.3) is 0 Å². The summed E-state index contributed by atoms with van der Waals surface area (Å²) in [5, 5.41) is 3.29. The number of hydrogen-bond acceptors (Lipinski definition) is 3. The SMILES string of the molecule is Cl.NCCCC(=O)NC1CCN(c2ccccc2Cl)C1=O. The normalized spacial score (nSPS) is 17.5.